The van der Waals surface area contributed by atoms with E-state index in [2.05, 4.69) is 34.6 Å². The van der Waals surface area contributed by atoms with E-state index < -0.39 is 23.2 Å². The van der Waals surface area contributed by atoms with Gasteiger partial charge in [-0.25, -0.2) is 9.59 Å². The van der Waals surface area contributed by atoms with E-state index in [-0.39, 0.29) is 6.04 Å². The van der Waals surface area contributed by atoms with E-state index in [0.29, 0.717) is 17.6 Å². The number of ether oxygens (including phenoxy) is 1. The van der Waals surface area contributed by atoms with E-state index in [4.69, 9.17) is 4.74 Å². The standard InChI is InChI=1S/C33H44N2O4/c1-7-8-18-26(30(36)37)27-20-13-21-28(35-33(27,5)6)24-16-11-15-23-14-9-10-19-25(23)29(22-12-17-24)34-31(38)39-32(2,3)4/h9-10,13-14,17-19,21,29,35H,7-8,11-12,15-16,22H2,1-6H3,(H,34,38)(H,36,37)/b24-17+,26-18+/t29-/m0/s1. The lowest BCUT2D eigenvalue weighted by Crippen LogP contribution is -2.41. The van der Waals surface area contributed by atoms with Crippen molar-refractivity contribution < 1.29 is 19.4 Å². The molecule has 2 aliphatic rings. The quantitative estimate of drug-likeness (QED) is 0.262. The number of carbonyl (C=O) groups is 2. The third-order valence-electron chi connectivity index (χ3n) is 6.89. The summed E-state index contributed by atoms with van der Waals surface area (Å²) in [6.45, 7) is 11.6. The second kappa shape index (κ2) is 13.0. The maximum Gasteiger partial charge on any atom is 0.408 e. The molecule has 1 aromatic rings. The lowest BCUT2D eigenvalue weighted by atomic mass is 9.87. The predicted molar refractivity (Wildman–Crippen MR) is 156 cm³/mol. The third-order valence-corrected chi connectivity index (χ3v) is 6.89. The van der Waals surface area contributed by atoms with Crippen molar-refractivity contribution in [1.82, 2.24) is 10.6 Å². The van der Waals surface area contributed by atoms with Crippen molar-refractivity contribution in [2.75, 3.05) is 0 Å². The van der Waals surface area contributed by atoms with Crippen molar-refractivity contribution >= 4 is 12.1 Å². The van der Waals surface area contributed by atoms with Gasteiger partial charge in [-0.3, -0.25) is 0 Å². The highest BCUT2D eigenvalue weighted by atomic mass is 16.6. The number of nitrogens with one attached hydrogen (secondary N) is 2. The molecule has 1 heterocycles. The molecule has 3 rings (SSSR count). The summed E-state index contributed by atoms with van der Waals surface area (Å²) in [5.41, 5.74) is 7.56. The number of aliphatic carboxylic acids is 1. The molecule has 0 aromatic heterocycles. The number of allylic oxidation sites excluding steroid dienone is 4. The summed E-state index contributed by atoms with van der Waals surface area (Å²) < 4.78 is 5.56. The summed E-state index contributed by atoms with van der Waals surface area (Å²) in [7, 11) is 0. The molecule has 39 heavy (non-hydrogen) atoms. The van der Waals surface area contributed by atoms with E-state index in [9.17, 15) is 14.7 Å². The number of aryl methyl sites for hydroxylation is 1. The van der Waals surface area contributed by atoms with Gasteiger partial charge in [0.1, 0.15) is 5.60 Å². The fourth-order valence-corrected chi connectivity index (χ4v) is 5.11. The number of rotatable bonds is 6. The van der Waals surface area contributed by atoms with Crippen molar-refractivity contribution in [3.05, 3.63) is 87.8 Å². The first kappa shape index (κ1) is 30.0. The zero-order valence-electron chi connectivity index (χ0n) is 24.3. The first-order valence-corrected chi connectivity index (χ1v) is 14.1. The minimum atomic E-state index is -0.933. The summed E-state index contributed by atoms with van der Waals surface area (Å²) in [5, 5.41) is 16.6. The van der Waals surface area contributed by atoms with E-state index in [1.54, 1.807) is 6.08 Å². The Hall–Kier alpha value is -3.50. The fourth-order valence-electron chi connectivity index (χ4n) is 5.11. The Kier molecular flexibility index (Phi) is 10.0. The number of fused-ring (bicyclic) bond motifs is 1. The Balaban J connectivity index is 1.88. The minimum absolute atomic E-state index is 0.158. The zero-order valence-corrected chi connectivity index (χ0v) is 24.3. The Morgan fingerprint density at radius 2 is 1.97 bits per heavy atom. The average Bonchev–Trinajstić information content (AvgIpc) is 2.99. The van der Waals surface area contributed by atoms with Gasteiger partial charge in [-0.05, 0) is 102 Å². The second-order valence-electron chi connectivity index (χ2n) is 11.8. The summed E-state index contributed by atoms with van der Waals surface area (Å²) in [6, 6.07) is 8.16. The highest BCUT2D eigenvalue weighted by molar-refractivity contribution is 5.92. The Morgan fingerprint density at radius 1 is 1.23 bits per heavy atom. The maximum absolute atomic E-state index is 12.7. The first-order valence-electron chi connectivity index (χ1n) is 14.1. The molecule has 210 valence electrons. The van der Waals surface area contributed by atoms with Gasteiger partial charge in [0, 0.05) is 11.3 Å². The molecular formula is C33H44N2O4. The molecule has 1 amide bonds. The zero-order chi connectivity index (χ0) is 28.6. The summed E-state index contributed by atoms with van der Waals surface area (Å²) in [5.74, 6) is -0.933. The van der Waals surface area contributed by atoms with Crippen LogP contribution in [-0.4, -0.2) is 28.3 Å². The monoisotopic (exact) mass is 532 g/mol. The third kappa shape index (κ3) is 8.49. The van der Waals surface area contributed by atoms with Gasteiger partial charge in [-0.1, -0.05) is 49.8 Å². The lowest BCUT2D eigenvalue weighted by molar-refractivity contribution is -0.132. The second-order valence-corrected chi connectivity index (χ2v) is 11.8. The molecule has 1 aromatic carbocycles. The van der Waals surface area contributed by atoms with Crippen molar-refractivity contribution in [1.29, 1.82) is 0 Å². The molecule has 0 saturated carbocycles. The number of carbonyl (C=O) groups excluding carboxylic acids is 1. The van der Waals surface area contributed by atoms with Crippen LogP contribution in [0.15, 0.2) is 76.7 Å². The van der Waals surface area contributed by atoms with E-state index in [0.717, 1.165) is 49.8 Å². The Labute approximate surface area is 233 Å². The van der Waals surface area contributed by atoms with E-state index >= 15 is 0 Å². The van der Waals surface area contributed by atoms with Crippen LogP contribution in [0.25, 0.3) is 0 Å². The molecule has 0 radical (unpaired) electrons. The SMILES string of the molecule is CCC/C=C(/C(=O)O)C1=C=CC=C(/C2=C/CC[C@H](NC(=O)OC(C)(C)C)c3ccccc3CCC2)NC1(C)C. The van der Waals surface area contributed by atoms with Crippen LogP contribution in [-0.2, 0) is 16.0 Å². The topological polar surface area (TPSA) is 87.7 Å². The van der Waals surface area contributed by atoms with E-state index in [1.165, 1.54) is 11.1 Å². The minimum Gasteiger partial charge on any atom is -0.478 e. The fraction of sp³-hybridized carbons (Fsp3) is 0.485. The van der Waals surface area contributed by atoms with Crippen LogP contribution in [0.1, 0.15) is 97.2 Å². The maximum atomic E-state index is 12.7. The van der Waals surface area contributed by atoms with Crippen LogP contribution in [0.2, 0.25) is 0 Å². The van der Waals surface area contributed by atoms with Crippen molar-refractivity contribution in [3.63, 3.8) is 0 Å². The highest BCUT2D eigenvalue weighted by Gasteiger charge is 2.31. The van der Waals surface area contributed by atoms with Crippen LogP contribution >= 0.6 is 0 Å². The predicted octanol–water partition coefficient (Wildman–Crippen LogP) is 7.45. The van der Waals surface area contributed by atoms with Crippen LogP contribution in [0.4, 0.5) is 4.79 Å². The lowest BCUT2D eigenvalue weighted by Gasteiger charge is -2.31. The van der Waals surface area contributed by atoms with Gasteiger partial charge in [0.2, 0.25) is 0 Å². The number of hydrogen-bond donors (Lipinski definition) is 3. The van der Waals surface area contributed by atoms with Crippen molar-refractivity contribution in [3.8, 4) is 0 Å². The van der Waals surface area contributed by atoms with Crippen LogP contribution < -0.4 is 10.6 Å². The normalized spacial score (nSPS) is 21.1. The number of carboxylic acids is 1. The molecule has 6 heteroatoms. The highest BCUT2D eigenvalue weighted by Crippen LogP contribution is 2.32. The molecule has 3 N–H and O–H groups in total. The Morgan fingerprint density at radius 3 is 2.67 bits per heavy atom. The molecule has 0 unspecified atom stereocenters. The number of benzene rings is 1. The number of unbranched alkanes of at least 4 members (excludes halogenated alkanes) is 1. The number of alkyl carbamates (subject to hydrolysis) is 1. The van der Waals surface area contributed by atoms with Gasteiger partial charge >= 0.3 is 12.1 Å². The van der Waals surface area contributed by atoms with Crippen LogP contribution in [0.3, 0.4) is 0 Å². The molecule has 0 fully saturated rings. The molecule has 1 aliphatic carbocycles. The van der Waals surface area contributed by atoms with Gasteiger partial charge in [0.25, 0.3) is 0 Å². The summed E-state index contributed by atoms with van der Waals surface area (Å²) in [4.78, 5) is 24.8. The largest absolute Gasteiger partial charge is 0.478 e. The Bertz CT molecular complexity index is 1220. The van der Waals surface area contributed by atoms with Crippen molar-refractivity contribution in [2.45, 2.75) is 104 Å². The van der Waals surface area contributed by atoms with Crippen LogP contribution in [0, 0.1) is 0 Å². The summed E-state index contributed by atoms with van der Waals surface area (Å²) in [6.07, 6.45) is 13.3. The molecule has 6 nitrogen and oxygen atoms in total. The van der Waals surface area contributed by atoms with Gasteiger partial charge in [-0.15, -0.1) is 5.73 Å². The van der Waals surface area contributed by atoms with Gasteiger partial charge < -0.3 is 20.5 Å². The number of carboxylic acid groups (broad SMARTS) is 1. The molecule has 0 saturated heterocycles. The smallest absolute Gasteiger partial charge is 0.408 e. The molecule has 0 bridgehead atoms. The van der Waals surface area contributed by atoms with Crippen LogP contribution in [0.5, 0.6) is 0 Å². The average molecular weight is 533 g/mol. The molecule has 1 atom stereocenters. The number of amides is 1. The first-order chi connectivity index (χ1) is 18.4. The molecule has 0 spiro atoms. The van der Waals surface area contributed by atoms with E-state index in [1.807, 2.05) is 65.8 Å². The molecular weight excluding hydrogens is 488 g/mol. The number of hydrogen-bond acceptors (Lipinski definition) is 4. The van der Waals surface area contributed by atoms with Gasteiger partial charge in [0.15, 0.2) is 0 Å². The molecule has 1 aliphatic heterocycles. The van der Waals surface area contributed by atoms with Gasteiger partial charge in [-0.2, -0.15) is 0 Å². The van der Waals surface area contributed by atoms with Gasteiger partial charge in [0.05, 0.1) is 17.2 Å². The van der Waals surface area contributed by atoms with Crippen molar-refractivity contribution in [2.24, 2.45) is 0 Å². The summed E-state index contributed by atoms with van der Waals surface area (Å²) >= 11 is 0.